The molecule has 0 aliphatic rings. The molecule has 0 fully saturated rings. The standard InChI is InChI=1S/C126H120S18/c1-7-13-19-25-31-79-37-45-100(127-79)106-61-67-117(138-106)112-56-51-95(133-112)86-44-43-85-87-75-90(96-52-57-113(134-96)118-68-62-107(139-118)101-46-38-80(128-101)32-26-20-14-8-2)91(97-53-58-114(135-97)119-69-63-108(140-119)102-47-39-81(129-102)33-27-21-15-9-3)76-88(87)89-77-92(98-54-59-115(136-98)120-70-64-109(141-120)103-48-40-82(130-103)34-28-22-16-10-4)93(99-55-60-116(137-99)121-71-65-110(142-121)104-49-41-83(131-104)35-29-23-17-11-5)78-94(89)125(85)126(86)124-74-73-123(144-124)122-72-66-111(143-122)105-50-42-84(132-105)36-30-24-18-12-6/h37-78H,7-36H2,1-6H3. The van der Waals surface area contributed by atoms with Crippen molar-refractivity contribution in [1.29, 1.82) is 0 Å². The van der Waals surface area contributed by atoms with Crippen LogP contribution < -0.4 is 0 Å². The predicted octanol–water partition coefficient (Wildman–Crippen LogP) is 49.0. The summed E-state index contributed by atoms with van der Waals surface area (Å²) in [6.45, 7) is 13.9. The average molecular weight is 2210 g/mol. The zero-order valence-corrected chi connectivity index (χ0v) is 97.5. The molecule has 18 aromatic heterocycles. The summed E-state index contributed by atoms with van der Waals surface area (Å²) in [6, 6.07) is 103. The first-order valence-corrected chi connectivity index (χ1v) is 67.0. The fraction of sp³-hybridized carbons (Fsp3) is 0.286. The van der Waals surface area contributed by atoms with Crippen molar-refractivity contribution >= 4 is 236 Å². The highest BCUT2D eigenvalue weighted by atomic mass is 32.2. The van der Waals surface area contributed by atoms with Gasteiger partial charge in [-0.15, -0.1) is 204 Å². The number of rotatable bonds is 48. The largest absolute Gasteiger partial charge is 0.139 e. The van der Waals surface area contributed by atoms with Crippen LogP contribution >= 0.6 is 204 Å². The summed E-state index contributed by atoms with van der Waals surface area (Å²) in [7, 11) is 0. The lowest BCUT2D eigenvalue weighted by atomic mass is 9.85. The van der Waals surface area contributed by atoms with E-state index in [4.69, 9.17) is 0 Å². The Morgan fingerprint density at radius 3 is 0.507 bits per heavy atom. The highest BCUT2D eigenvalue weighted by molar-refractivity contribution is 7.32. The van der Waals surface area contributed by atoms with E-state index in [1.807, 2.05) is 204 Å². The van der Waals surface area contributed by atoms with Gasteiger partial charge in [0.2, 0.25) is 0 Å². The average Bonchev–Trinajstić information content (AvgIpc) is 0.736. The molecular weight excluding hydrogens is 2090 g/mol. The molecule has 22 rings (SSSR count). The van der Waals surface area contributed by atoms with Crippen molar-refractivity contribution in [1.82, 2.24) is 0 Å². The van der Waals surface area contributed by atoms with Crippen LogP contribution in [0.1, 0.15) is 225 Å². The van der Waals surface area contributed by atoms with E-state index in [1.165, 1.54) is 395 Å². The number of fused-ring (bicyclic) bond motifs is 6. The highest BCUT2D eigenvalue weighted by Gasteiger charge is 2.29. The molecule has 18 heteroatoms. The molecule has 144 heavy (non-hydrogen) atoms. The van der Waals surface area contributed by atoms with Gasteiger partial charge in [-0.2, -0.15) is 0 Å². The van der Waals surface area contributed by atoms with Crippen LogP contribution in [0.15, 0.2) is 255 Å². The molecule has 0 unspecified atom stereocenters. The molecule has 732 valence electrons. The van der Waals surface area contributed by atoms with E-state index >= 15 is 0 Å². The minimum Gasteiger partial charge on any atom is -0.139 e. The quantitative estimate of drug-likeness (QED) is 0.0263. The maximum absolute atomic E-state index is 2.70. The summed E-state index contributed by atoms with van der Waals surface area (Å²) < 4.78 is 0. The molecular formula is C126H120S18. The van der Waals surface area contributed by atoms with Crippen molar-refractivity contribution in [3.63, 3.8) is 0 Å². The Bertz CT molecular complexity index is 7720. The van der Waals surface area contributed by atoms with E-state index in [-0.39, 0.29) is 0 Å². The van der Waals surface area contributed by atoms with E-state index in [2.05, 4.69) is 296 Å². The highest BCUT2D eigenvalue weighted by Crippen LogP contribution is 2.58. The molecule has 0 spiro atoms. The van der Waals surface area contributed by atoms with Crippen molar-refractivity contribution in [3.8, 4) is 180 Å². The first kappa shape index (κ1) is 101. The van der Waals surface area contributed by atoms with Gasteiger partial charge in [0.25, 0.3) is 0 Å². The Kier molecular flexibility index (Phi) is 33.3. The Morgan fingerprint density at radius 1 is 0.125 bits per heavy atom. The second-order valence-corrected chi connectivity index (χ2v) is 58.2. The molecule has 0 saturated carbocycles. The second kappa shape index (κ2) is 47.6. The predicted molar refractivity (Wildman–Crippen MR) is 666 cm³/mol. The number of unbranched alkanes of at least 4 members (excludes halogenated alkanes) is 18. The lowest BCUT2D eigenvalue weighted by Crippen LogP contribution is -1.93. The number of hydrogen-bond donors (Lipinski definition) is 0. The summed E-state index contributed by atoms with van der Waals surface area (Å²) in [4.78, 5) is 48.8. The SMILES string of the molecule is CCCCCCc1ccc(-c2ccc(-c3ccc(-c4cc5c(cc4-c4ccc(-c6ccc(-c7ccc(CCCCCC)s7)s6)s4)c4ccc(-c6ccc(-c7ccc(-c8ccc(CCCCCC)s8)s7)s6)c(-c6ccc(-c7ccc(-c8ccc(CCCCCC)s8)s7)s6)c4c4cc(-c6ccc(-c7ccc(-c8ccc(CCCCCC)s8)s7)s6)c(-c6ccc(-c7ccc(-c8ccc(CCCCCC)s8)s7)s6)cc54)s3)s2)s1. The van der Waals surface area contributed by atoms with Crippen molar-refractivity contribution in [2.45, 2.75) is 234 Å². The van der Waals surface area contributed by atoms with Crippen molar-refractivity contribution in [2.75, 3.05) is 0 Å². The van der Waals surface area contributed by atoms with Gasteiger partial charge in [-0.25, -0.2) is 0 Å². The van der Waals surface area contributed by atoms with Gasteiger partial charge < -0.3 is 0 Å². The zero-order chi connectivity index (χ0) is 97.4. The third-order valence-electron chi connectivity index (χ3n) is 27.8. The van der Waals surface area contributed by atoms with Crippen molar-refractivity contribution < 1.29 is 0 Å². The minimum absolute atomic E-state index is 1.16. The van der Waals surface area contributed by atoms with Crippen LogP contribution in [0, 0.1) is 0 Å². The third kappa shape index (κ3) is 22.8. The number of hydrogen-bond acceptors (Lipinski definition) is 18. The van der Waals surface area contributed by atoms with Crippen molar-refractivity contribution in [3.05, 3.63) is 284 Å². The molecule has 0 saturated heterocycles. The number of benzene rings is 4. The van der Waals surface area contributed by atoms with E-state index in [0.717, 1.165) is 38.5 Å². The van der Waals surface area contributed by atoms with Gasteiger partial charge in [0.05, 0.1) is 0 Å². The van der Waals surface area contributed by atoms with Crippen LogP contribution in [0.5, 0.6) is 0 Å². The van der Waals surface area contributed by atoms with Gasteiger partial charge in [-0.1, -0.05) is 169 Å². The molecule has 0 aliphatic carbocycles. The summed E-state index contributed by atoms with van der Waals surface area (Å²) in [6.07, 6.45) is 37.7. The van der Waals surface area contributed by atoms with E-state index in [1.54, 1.807) is 0 Å². The Balaban J connectivity index is 0.757. The molecule has 4 aromatic carbocycles. The summed E-state index contributed by atoms with van der Waals surface area (Å²) in [5, 5.41) is 7.66. The first-order valence-electron chi connectivity index (χ1n) is 52.3. The monoisotopic (exact) mass is 2210 g/mol. The fourth-order valence-corrected chi connectivity index (χ4v) is 39.7. The van der Waals surface area contributed by atoms with Gasteiger partial charge in [0.15, 0.2) is 0 Å². The van der Waals surface area contributed by atoms with Crippen LogP contribution in [-0.2, 0) is 38.5 Å². The van der Waals surface area contributed by atoms with E-state index in [0.29, 0.717) is 0 Å². The van der Waals surface area contributed by atoms with E-state index in [9.17, 15) is 0 Å². The molecule has 0 amide bonds. The normalized spacial score (nSPS) is 12.0. The van der Waals surface area contributed by atoms with E-state index < -0.39 is 0 Å². The fourth-order valence-electron chi connectivity index (χ4n) is 20.0. The smallest absolute Gasteiger partial charge is 0.0449 e. The molecule has 18 heterocycles. The maximum atomic E-state index is 2.70. The van der Waals surface area contributed by atoms with Gasteiger partial charge in [-0.3, -0.25) is 0 Å². The number of thiophene rings is 18. The summed E-state index contributed by atoms with van der Waals surface area (Å²) in [5.74, 6) is 0. The van der Waals surface area contributed by atoms with Crippen LogP contribution in [0.3, 0.4) is 0 Å². The summed E-state index contributed by atoms with van der Waals surface area (Å²) >= 11 is 35.5. The molecule has 0 aliphatic heterocycles. The van der Waals surface area contributed by atoms with Crippen molar-refractivity contribution in [2.24, 2.45) is 0 Å². The van der Waals surface area contributed by atoms with Crippen LogP contribution in [-0.4, -0.2) is 0 Å². The van der Waals surface area contributed by atoms with Gasteiger partial charge in [0.1, 0.15) is 0 Å². The van der Waals surface area contributed by atoms with Gasteiger partial charge in [0, 0.05) is 209 Å². The van der Waals surface area contributed by atoms with Crippen LogP contribution in [0.25, 0.3) is 212 Å². The van der Waals surface area contributed by atoms with Crippen LogP contribution in [0.2, 0.25) is 0 Å². The Hall–Kier alpha value is -7.74. The summed E-state index contributed by atoms with van der Waals surface area (Å²) in [5.41, 5.74) is 7.66. The molecule has 0 nitrogen and oxygen atoms in total. The zero-order valence-electron chi connectivity index (χ0n) is 82.8. The lowest BCUT2D eigenvalue weighted by molar-refractivity contribution is 0.670. The molecule has 0 N–H and O–H groups in total. The molecule has 22 aromatic rings. The lowest BCUT2D eigenvalue weighted by Gasteiger charge is -2.20. The molecule has 0 bridgehead atoms. The second-order valence-electron chi connectivity index (χ2n) is 38.2. The topological polar surface area (TPSA) is 0 Å². The Labute approximate surface area is 923 Å². The number of aryl methyl sites for hydroxylation is 6. The van der Waals surface area contributed by atoms with Crippen LogP contribution in [0.4, 0.5) is 0 Å². The van der Waals surface area contributed by atoms with Gasteiger partial charge >= 0.3 is 0 Å². The molecule has 0 radical (unpaired) electrons. The minimum atomic E-state index is 1.16. The molecule has 0 atom stereocenters. The third-order valence-corrected chi connectivity index (χ3v) is 50.2. The first-order chi connectivity index (χ1) is 71.0. The maximum Gasteiger partial charge on any atom is 0.0449 e. The Morgan fingerprint density at radius 2 is 0.285 bits per heavy atom. The van der Waals surface area contributed by atoms with Gasteiger partial charge in [-0.05, 0) is 352 Å².